The van der Waals surface area contributed by atoms with Gasteiger partial charge in [-0.3, -0.25) is 0 Å². The molecule has 0 amide bonds. The molecule has 0 spiro atoms. The van der Waals surface area contributed by atoms with Crippen molar-refractivity contribution in [1.82, 2.24) is 9.97 Å². The van der Waals surface area contributed by atoms with E-state index in [0.29, 0.717) is 11.0 Å². The van der Waals surface area contributed by atoms with E-state index in [2.05, 4.69) is 30.7 Å². The van der Waals surface area contributed by atoms with E-state index in [0.717, 1.165) is 73.5 Å². The molecule has 4 rings (SSSR count). The van der Waals surface area contributed by atoms with Crippen molar-refractivity contribution in [1.29, 1.82) is 0 Å². The molecule has 2 aliphatic rings. The van der Waals surface area contributed by atoms with Gasteiger partial charge in [0, 0.05) is 31.9 Å². The number of hydrogen-bond donors (Lipinski definition) is 0. The van der Waals surface area contributed by atoms with Gasteiger partial charge in [-0.1, -0.05) is 11.6 Å². The van der Waals surface area contributed by atoms with E-state index in [4.69, 9.17) is 15.9 Å². The number of hydrogen-bond acceptors (Lipinski definition) is 7. The average Bonchev–Trinajstić information content (AvgIpc) is 2.79. The quantitative estimate of drug-likeness (QED) is 0.347. The van der Waals surface area contributed by atoms with Crippen LogP contribution >= 0.6 is 23.6 Å². The van der Waals surface area contributed by atoms with Gasteiger partial charge in [0.15, 0.2) is 5.82 Å². The average molecular weight is 453 g/mol. The summed E-state index contributed by atoms with van der Waals surface area (Å²) in [6.45, 7) is 3.97. The van der Waals surface area contributed by atoms with Crippen LogP contribution in [0, 0.1) is 17.7 Å². The number of aromatic nitrogens is 2. The first-order valence-electron chi connectivity index (χ1n) is 10.3. The second-order valence-electron chi connectivity index (χ2n) is 7.78. The molecule has 2 fully saturated rings. The van der Waals surface area contributed by atoms with Gasteiger partial charge in [0.1, 0.15) is 0 Å². The smallest absolute Gasteiger partial charge is 0.225 e. The lowest BCUT2D eigenvalue weighted by molar-refractivity contribution is -0.160. The third-order valence-electron chi connectivity index (χ3n) is 6.11. The lowest BCUT2D eigenvalue weighted by Crippen LogP contribution is -2.41. The largest absolute Gasteiger partial charge is 0.371 e. The lowest BCUT2D eigenvalue weighted by atomic mass is 9.79. The monoisotopic (exact) mass is 452 g/mol. The van der Waals surface area contributed by atoms with Crippen LogP contribution in [0.15, 0.2) is 35.5 Å². The standard InChI is InChI=1S/C21H26ClFN4O2S/c1-28-29-30-20-3-2-18(12-19(20)22)26-8-4-15(5-9-26)16-6-10-27(11-7-16)21-24-13-17(23)14-25-21/h2-3,12-16H,4-11H2,1H3. The van der Waals surface area contributed by atoms with Gasteiger partial charge in [0.2, 0.25) is 5.95 Å². The third kappa shape index (κ3) is 5.17. The fourth-order valence-corrected chi connectivity index (χ4v) is 5.17. The molecule has 6 nitrogen and oxygen atoms in total. The maximum atomic E-state index is 13.0. The van der Waals surface area contributed by atoms with Gasteiger partial charge in [-0.2, -0.15) is 4.33 Å². The topological polar surface area (TPSA) is 50.7 Å². The fraction of sp³-hybridized carbons (Fsp3) is 0.524. The van der Waals surface area contributed by atoms with E-state index in [-0.39, 0.29) is 0 Å². The van der Waals surface area contributed by atoms with Crippen molar-refractivity contribution in [2.24, 2.45) is 11.8 Å². The Labute approximate surface area is 185 Å². The first-order valence-corrected chi connectivity index (χ1v) is 11.4. The van der Waals surface area contributed by atoms with Crippen LogP contribution in [0.25, 0.3) is 0 Å². The first kappa shape index (κ1) is 21.6. The highest BCUT2D eigenvalue weighted by Crippen LogP contribution is 2.36. The summed E-state index contributed by atoms with van der Waals surface area (Å²) in [4.78, 5) is 18.3. The SMILES string of the molecule is COOSc1ccc(N2CCC(C3CCN(c4ncc(F)cn4)CC3)CC2)cc1Cl. The van der Waals surface area contributed by atoms with Gasteiger partial charge in [-0.15, -0.1) is 0 Å². The molecule has 1 aromatic carbocycles. The molecule has 2 aromatic rings. The van der Waals surface area contributed by atoms with Crippen LogP contribution in [0.1, 0.15) is 25.7 Å². The van der Waals surface area contributed by atoms with Crippen LogP contribution in [-0.2, 0) is 9.22 Å². The van der Waals surface area contributed by atoms with Crippen LogP contribution < -0.4 is 9.80 Å². The second-order valence-corrected chi connectivity index (χ2v) is 8.93. The van der Waals surface area contributed by atoms with E-state index in [1.807, 2.05) is 12.1 Å². The molecule has 1 aromatic heterocycles. The third-order valence-corrected chi connectivity index (χ3v) is 7.27. The Hall–Kier alpha value is -1.61. The highest BCUT2D eigenvalue weighted by Gasteiger charge is 2.30. The molecule has 30 heavy (non-hydrogen) atoms. The zero-order valence-corrected chi connectivity index (χ0v) is 18.5. The Morgan fingerprint density at radius 2 is 1.60 bits per heavy atom. The molecule has 3 heterocycles. The summed E-state index contributed by atoms with van der Waals surface area (Å²) in [5, 5.41) is 0.673. The molecule has 0 N–H and O–H groups in total. The lowest BCUT2D eigenvalue weighted by Gasteiger charge is -2.41. The van der Waals surface area contributed by atoms with Crippen molar-refractivity contribution in [2.75, 3.05) is 43.1 Å². The van der Waals surface area contributed by atoms with Crippen molar-refractivity contribution in [3.8, 4) is 0 Å². The summed E-state index contributed by atoms with van der Waals surface area (Å²) in [6, 6.07) is 6.07. The Bertz CT molecular complexity index is 828. The van der Waals surface area contributed by atoms with Gasteiger partial charge in [-0.25, -0.2) is 19.2 Å². The Kier molecular flexibility index (Phi) is 7.30. The summed E-state index contributed by atoms with van der Waals surface area (Å²) < 4.78 is 17.9. The molecule has 0 radical (unpaired) electrons. The van der Waals surface area contributed by atoms with Crippen LogP contribution in [0.5, 0.6) is 0 Å². The number of nitrogens with zero attached hydrogens (tertiary/aromatic N) is 4. The molecular formula is C21H26ClFN4O2S. The first-order chi connectivity index (χ1) is 14.6. The highest BCUT2D eigenvalue weighted by molar-refractivity contribution is 7.94. The summed E-state index contributed by atoms with van der Waals surface area (Å²) in [6.07, 6.45) is 7.15. The predicted molar refractivity (Wildman–Crippen MR) is 117 cm³/mol. The molecule has 0 aliphatic carbocycles. The van der Waals surface area contributed by atoms with E-state index in [1.165, 1.54) is 32.3 Å². The van der Waals surface area contributed by atoms with Gasteiger partial charge in [0.25, 0.3) is 0 Å². The zero-order chi connectivity index (χ0) is 20.9. The number of piperidine rings is 2. The minimum Gasteiger partial charge on any atom is -0.371 e. The summed E-state index contributed by atoms with van der Waals surface area (Å²) in [7, 11) is 1.47. The summed E-state index contributed by atoms with van der Waals surface area (Å²) >= 11 is 7.51. The normalized spacial score (nSPS) is 18.8. The fourth-order valence-electron chi connectivity index (χ4n) is 4.49. The maximum Gasteiger partial charge on any atom is 0.225 e. The van der Waals surface area contributed by atoms with Gasteiger partial charge in [-0.05, 0) is 55.7 Å². The molecule has 0 saturated carbocycles. The Morgan fingerprint density at radius 3 is 2.17 bits per heavy atom. The van der Waals surface area contributed by atoms with Crippen molar-refractivity contribution >= 4 is 35.3 Å². The maximum absolute atomic E-state index is 13.0. The number of halogens is 2. The molecule has 9 heteroatoms. The van der Waals surface area contributed by atoms with Crippen LogP contribution in [0.2, 0.25) is 5.02 Å². The van der Waals surface area contributed by atoms with E-state index in [1.54, 1.807) is 0 Å². The highest BCUT2D eigenvalue weighted by atomic mass is 35.5. The minimum atomic E-state index is -0.390. The van der Waals surface area contributed by atoms with Crippen molar-refractivity contribution in [3.63, 3.8) is 0 Å². The molecule has 2 aliphatic heterocycles. The van der Waals surface area contributed by atoms with Crippen LogP contribution in [-0.4, -0.2) is 43.3 Å². The van der Waals surface area contributed by atoms with E-state index in [9.17, 15) is 4.39 Å². The molecule has 0 atom stereocenters. The number of benzene rings is 1. The van der Waals surface area contributed by atoms with Crippen LogP contribution in [0.4, 0.5) is 16.0 Å². The zero-order valence-electron chi connectivity index (χ0n) is 17.0. The summed E-state index contributed by atoms with van der Waals surface area (Å²) in [5.74, 6) is 1.73. The predicted octanol–water partition coefficient (Wildman–Crippen LogP) is 4.99. The van der Waals surface area contributed by atoms with Crippen LogP contribution in [0.3, 0.4) is 0 Å². The molecular weight excluding hydrogens is 427 g/mol. The van der Waals surface area contributed by atoms with E-state index >= 15 is 0 Å². The van der Waals surface area contributed by atoms with Crippen molar-refractivity contribution < 1.29 is 13.6 Å². The van der Waals surface area contributed by atoms with Crippen molar-refractivity contribution in [3.05, 3.63) is 41.4 Å². The molecule has 2 saturated heterocycles. The van der Waals surface area contributed by atoms with Crippen molar-refractivity contribution in [2.45, 2.75) is 30.6 Å². The summed E-state index contributed by atoms with van der Waals surface area (Å²) in [5.41, 5.74) is 1.16. The van der Waals surface area contributed by atoms with Gasteiger partial charge in [0.05, 0.1) is 41.5 Å². The Balaban J connectivity index is 1.27. The Morgan fingerprint density at radius 1 is 1.00 bits per heavy atom. The minimum absolute atomic E-state index is 0.390. The van der Waals surface area contributed by atoms with E-state index < -0.39 is 5.82 Å². The van der Waals surface area contributed by atoms with Gasteiger partial charge < -0.3 is 9.80 Å². The molecule has 0 unspecified atom stereocenters. The van der Waals surface area contributed by atoms with Gasteiger partial charge >= 0.3 is 0 Å². The second kappa shape index (κ2) is 10.1. The molecule has 162 valence electrons. The number of rotatable bonds is 6. The number of anilines is 2. The molecule has 0 bridgehead atoms.